The lowest BCUT2D eigenvalue weighted by Crippen LogP contribution is -2.31. The Bertz CT molecular complexity index is 944. The Kier molecular flexibility index (Phi) is 5.06. The van der Waals surface area contributed by atoms with Crippen LogP contribution in [0.1, 0.15) is 40.4 Å². The first kappa shape index (κ1) is 18.2. The number of carbonyl (C=O) groups is 1. The third-order valence-electron chi connectivity index (χ3n) is 4.21. The number of hydrogen-bond acceptors (Lipinski definition) is 3. The molecule has 3 rings (SSSR count). The average molecular weight is 400 g/mol. The Morgan fingerprint density at radius 1 is 1.16 bits per heavy atom. The smallest absolute Gasteiger partial charge is 0.337 e. The van der Waals surface area contributed by atoms with Gasteiger partial charge in [-0.3, -0.25) is 0 Å². The second-order valence-electron chi connectivity index (χ2n) is 5.83. The second-order valence-corrected chi connectivity index (χ2v) is 8.33. The fourth-order valence-corrected chi connectivity index (χ4v) is 5.13. The number of aryl methyl sites for hydroxylation is 1. The molecule has 0 bridgehead atoms. The molecule has 0 radical (unpaired) electrons. The number of aromatic carboxylic acids is 1. The van der Waals surface area contributed by atoms with E-state index in [4.69, 9.17) is 28.3 Å². The number of carboxylic acid groups (broad SMARTS) is 1. The van der Waals surface area contributed by atoms with Crippen LogP contribution in [-0.2, 0) is 16.4 Å². The third kappa shape index (κ3) is 3.67. The molecule has 0 heterocycles. The van der Waals surface area contributed by atoms with Crippen LogP contribution in [0, 0.1) is 0 Å². The fourth-order valence-electron chi connectivity index (χ4n) is 3.03. The number of rotatable bonds is 4. The minimum Gasteiger partial charge on any atom is -0.478 e. The van der Waals surface area contributed by atoms with Crippen LogP contribution >= 0.6 is 23.2 Å². The second kappa shape index (κ2) is 6.96. The van der Waals surface area contributed by atoms with Gasteiger partial charge in [-0.1, -0.05) is 47.5 Å². The fraction of sp³-hybridized carbons (Fsp3) is 0.235. The van der Waals surface area contributed by atoms with Crippen LogP contribution in [0.3, 0.4) is 0 Å². The number of fused-ring (bicyclic) bond motifs is 1. The van der Waals surface area contributed by atoms with Crippen molar-refractivity contribution in [2.45, 2.75) is 30.2 Å². The molecule has 8 heteroatoms. The maximum absolute atomic E-state index is 12.8. The van der Waals surface area contributed by atoms with Gasteiger partial charge in [0.25, 0.3) is 0 Å². The number of halogens is 2. The summed E-state index contributed by atoms with van der Waals surface area (Å²) in [5.41, 5.74) is 1.73. The van der Waals surface area contributed by atoms with Crippen LogP contribution < -0.4 is 4.72 Å². The Morgan fingerprint density at radius 2 is 1.88 bits per heavy atom. The molecule has 25 heavy (non-hydrogen) atoms. The monoisotopic (exact) mass is 399 g/mol. The number of benzene rings is 2. The zero-order valence-corrected chi connectivity index (χ0v) is 15.3. The van der Waals surface area contributed by atoms with E-state index < -0.39 is 16.0 Å². The SMILES string of the molecule is O=C(O)c1cc(S(=O)(=O)NC2CCCc3ccccc32)c(Cl)cc1Cl. The molecule has 2 aromatic carbocycles. The maximum Gasteiger partial charge on any atom is 0.337 e. The number of hydrogen-bond donors (Lipinski definition) is 2. The van der Waals surface area contributed by atoms with Crippen LogP contribution in [0.5, 0.6) is 0 Å². The highest BCUT2D eigenvalue weighted by molar-refractivity contribution is 7.89. The minimum atomic E-state index is -4.01. The largest absolute Gasteiger partial charge is 0.478 e. The highest BCUT2D eigenvalue weighted by Gasteiger charge is 2.28. The van der Waals surface area contributed by atoms with Crippen molar-refractivity contribution in [1.82, 2.24) is 4.72 Å². The zero-order valence-electron chi connectivity index (χ0n) is 13.0. The van der Waals surface area contributed by atoms with Crippen LogP contribution in [0.15, 0.2) is 41.3 Å². The van der Waals surface area contributed by atoms with Gasteiger partial charge >= 0.3 is 5.97 Å². The number of nitrogens with one attached hydrogen (secondary N) is 1. The van der Waals surface area contributed by atoms with E-state index in [1.54, 1.807) is 0 Å². The van der Waals surface area contributed by atoms with Crippen molar-refractivity contribution in [3.63, 3.8) is 0 Å². The van der Waals surface area contributed by atoms with E-state index in [2.05, 4.69) is 4.72 Å². The summed E-state index contributed by atoms with van der Waals surface area (Å²) in [6.45, 7) is 0. The molecule has 0 spiro atoms. The molecule has 2 aromatic rings. The maximum atomic E-state index is 12.8. The molecular formula is C17H15Cl2NO4S. The summed E-state index contributed by atoms with van der Waals surface area (Å²) < 4.78 is 28.2. The summed E-state index contributed by atoms with van der Waals surface area (Å²) in [5, 5.41) is 8.93. The number of carboxylic acids is 1. The van der Waals surface area contributed by atoms with Crippen molar-refractivity contribution in [3.8, 4) is 0 Å². The van der Waals surface area contributed by atoms with Crippen molar-refractivity contribution in [2.75, 3.05) is 0 Å². The third-order valence-corrected chi connectivity index (χ3v) is 6.46. The molecule has 0 aliphatic heterocycles. The Balaban J connectivity index is 1.99. The molecule has 0 saturated carbocycles. The van der Waals surface area contributed by atoms with Gasteiger partial charge in [-0.05, 0) is 42.5 Å². The van der Waals surface area contributed by atoms with E-state index in [-0.39, 0.29) is 26.5 Å². The van der Waals surface area contributed by atoms with E-state index in [0.717, 1.165) is 36.1 Å². The normalized spacial score (nSPS) is 17.1. The van der Waals surface area contributed by atoms with Gasteiger partial charge in [0.05, 0.1) is 15.6 Å². The first-order chi connectivity index (χ1) is 11.8. The van der Waals surface area contributed by atoms with Gasteiger partial charge in [0.2, 0.25) is 10.0 Å². The first-order valence-corrected chi connectivity index (χ1v) is 9.86. The molecule has 1 unspecified atom stereocenters. The van der Waals surface area contributed by atoms with Gasteiger partial charge in [-0.15, -0.1) is 0 Å². The van der Waals surface area contributed by atoms with E-state index in [0.29, 0.717) is 6.42 Å². The van der Waals surface area contributed by atoms with Gasteiger partial charge in [0.1, 0.15) is 4.90 Å². The molecule has 1 aliphatic carbocycles. The van der Waals surface area contributed by atoms with Crippen LogP contribution in [0.4, 0.5) is 0 Å². The quantitative estimate of drug-likeness (QED) is 0.811. The molecule has 0 amide bonds. The van der Waals surface area contributed by atoms with Gasteiger partial charge in [-0.2, -0.15) is 0 Å². The first-order valence-electron chi connectivity index (χ1n) is 7.62. The van der Waals surface area contributed by atoms with Crippen molar-refractivity contribution < 1.29 is 18.3 Å². The van der Waals surface area contributed by atoms with E-state index >= 15 is 0 Å². The summed E-state index contributed by atoms with van der Waals surface area (Å²) in [4.78, 5) is 10.9. The highest BCUT2D eigenvalue weighted by Crippen LogP contribution is 2.33. The predicted octanol–water partition coefficient (Wildman–Crippen LogP) is 4.05. The highest BCUT2D eigenvalue weighted by atomic mass is 35.5. The summed E-state index contributed by atoms with van der Waals surface area (Å²) in [6, 6.07) is 9.41. The van der Waals surface area contributed by atoms with Gasteiger partial charge < -0.3 is 5.11 Å². The Labute approximate surface area is 155 Å². The molecular weight excluding hydrogens is 385 g/mol. The summed E-state index contributed by atoms with van der Waals surface area (Å²) in [7, 11) is -4.01. The van der Waals surface area contributed by atoms with Crippen molar-refractivity contribution in [1.29, 1.82) is 0 Å². The van der Waals surface area contributed by atoms with E-state index in [9.17, 15) is 13.2 Å². The molecule has 2 N–H and O–H groups in total. The predicted molar refractivity (Wildman–Crippen MR) is 95.9 cm³/mol. The van der Waals surface area contributed by atoms with Crippen molar-refractivity contribution >= 4 is 39.2 Å². The topological polar surface area (TPSA) is 83.5 Å². The van der Waals surface area contributed by atoms with Gasteiger partial charge in [-0.25, -0.2) is 17.9 Å². The van der Waals surface area contributed by atoms with Gasteiger partial charge in [0.15, 0.2) is 0 Å². The summed E-state index contributed by atoms with van der Waals surface area (Å²) in [5.74, 6) is -1.32. The molecule has 0 fully saturated rings. The van der Waals surface area contributed by atoms with E-state index in [1.165, 1.54) is 0 Å². The molecule has 5 nitrogen and oxygen atoms in total. The Hall–Kier alpha value is -1.60. The molecule has 1 atom stereocenters. The lowest BCUT2D eigenvalue weighted by molar-refractivity contribution is 0.0697. The Morgan fingerprint density at radius 3 is 2.60 bits per heavy atom. The molecule has 132 valence electrons. The molecule has 1 aliphatic rings. The zero-order chi connectivity index (χ0) is 18.2. The minimum absolute atomic E-state index is 0.112. The molecule has 0 aromatic heterocycles. The van der Waals surface area contributed by atoms with Gasteiger partial charge in [0, 0.05) is 6.04 Å². The lowest BCUT2D eigenvalue weighted by Gasteiger charge is -2.26. The summed E-state index contributed by atoms with van der Waals surface area (Å²) in [6.07, 6.45) is 2.42. The van der Waals surface area contributed by atoms with Crippen LogP contribution in [0.2, 0.25) is 10.0 Å². The summed E-state index contributed by atoms with van der Waals surface area (Å²) >= 11 is 11.8. The van der Waals surface area contributed by atoms with Crippen LogP contribution in [-0.4, -0.2) is 19.5 Å². The van der Waals surface area contributed by atoms with Crippen molar-refractivity contribution in [2.24, 2.45) is 0 Å². The standard InChI is InChI=1S/C17H15Cl2NO4S/c18-13-9-14(19)16(8-12(13)17(21)22)25(23,24)20-15-7-3-5-10-4-1-2-6-11(10)15/h1-2,4,6,8-9,15,20H,3,5,7H2,(H,21,22). The molecule has 0 saturated heterocycles. The average Bonchev–Trinajstić information content (AvgIpc) is 2.54. The van der Waals surface area contributed by atoms with Crippen molar-refractivity contribution in [3.05, 3.63) is 63.1 Å². The van der Waals surface area contributed by atoms with Crippen LogP contribution in [0.25, 0.3) is 0 Å². The lowest BCUT2D eigenvalue weighted by atomic mass is 9.88. The van der Waals surface area contributed by atoms with E-state index in [1.807, 2.05) is 24.3 Å². The number of sulfonamides is 1.